The normalized spacial score (nSPS) is 11.5. The Morgan fingerprint density at radius 3 is 2.62 bits per heavy atom. The van der Waals surface area contributed by atoms with Crippen LogP contribution in [0.4, 0.5) is 10.5 Å². The van der Waals surface area contributed by atoms with Gasteiger partial charge in [-0.25, -0.2) is 9.59 Å². The van der Waals surface area contributed by atoms with Crippen LogP contribution in [0.15, 0.2) is 18.2 Å². The van der Waals surface area contributed by atoms with Crippen LogP contribution < -0.4 is 16.4 Å². The van der Waals surface area contributed by atoms with Gasteiger partial charge in [-0.3, -0.25) is 4.79 Å². The topological polar surface area (TPSA) is 111 Å². The van der Waals surface area contributed by atoms with Gasteiger partial charge in [0, 0.05) is 5.02 Å². The Morgan fingerprint density at radius 1 is 1.33 bits per heavy atom. The number of primary amides is 1. The number of ether oxygens (including phenoxy) is 1. The highest BCUT2D eigenvalue weighted by Gasteiger charge is 2.22. The van der Waals surface area contributed by atoms with E-state index >= 15 is 0 Å². The molecule has 0 aliphatic heterocycles. The maximum absolute atomic E-state index is 11.9. The first-order chi connectivity index (χ1) is 11.3. The second-order valence-electron chi connectivity index (χ2n) is 4.62. The summed E-state index contributed by atoms with van der Waals surface area (Å²) < 4.78 is 4.90. The predicted octanol–water partition coefficient (Wildman–Crippen LogP) is 2.27. The number of halogens is 2. The molecule has 7 nitrogen and oxygen atoms in total. The Morgan fingerprint density at radius 2 is 2.04 bits per heavy atom. The summed E-state index contributed by atoms with van der Waals surface area (Å²) in [5, 5.41) is 5.47. The molecule has 0 unspecified atom stereocenters. The van der Waals surface area contributed by atoms with Crippen molar-refractivity contribution >= 4 is 58.6 Å². The monoisotopic (exact) mass is 393 g/mol. The van der Waals surface area contributed by atoms with Crippen molar-refractivity contribution < 1.29 is 19.1 Å². The van der Waals surface area contributed by atoms with E-state index in [1.165, 1.54) is 23.9 Å². The number of nitrogens with two attached hydrogens (primary N) is 1. The van der Waals surface area contributed by atoms with E-state index in [1.54, 1.807) is 6.07 Å². The Balaban J connectivity index is 2.54. The minimum atomic E-state index is -0.901. The third kappa shape index (κ3) is 7.29. The molecule has 3 amide bonds. The van der Waals surface area contributed by atoms with Crippen molar-refractivity contribution in [3.05, 3.63) is 28.2 Å². The highest BCUT2D eigenvalue weighted by molar-refractivity contribution is 7.98. The number of benzene rings is 1. The molecule has 0 spiro atoms. The van der Waals surface area contributed by atoms with Crippen LogP contribution in [-0.4, -0.2) is 42.6 Å². The van der Waals surface area contributed by atoms with Gasteiger partial charge in [-0.2, -0.15) is 11.8 Å². The van der Waals surface area contributed by atoms with Gasteiger partial charge in [0.1, 0.15) is 6.04 Å². The molecule has 0 aliphatic rings. The number of rotatable bonds is 8. The molecule has 0 bridgehead atoms. The van der Waals surface area contributed by atoms with E-state index in [0.717, 1.165) is 0 Å². The molecule has 1 atom stereocenters. The van der Waals surface area contributed by atoms with Gasteiger partial charge in [0.05, 0.1) is 10.7 Å². The van der Waals surface area contributed by atoms with Gasteiger partial charge in [0.2, 0.25) is 0 Å². The molecular formula is C14H17Cl2N3O4S. The molecule has 4 N–H and O–H groups in total. The van der Waals surface area contributed by atoms with Crippen molar-refractivity contribution in [2.45, 2.75) is 12.5 Å². The van der Waals surface area contributed by atoms with Gasteiger partial charge in [0.25, 0.3) is 5.91 Å². The quantitative estimate of drug-likeness (QED) is 0.586. The minimum absolute atomic E-state index is 0.260. The van der Waals surface area contributed by atoms with Gasteiger partial charge in [-0.1, -0.05) is 23.2 Å². The predicted molar refractivity (Wildman–Crippen MR) is 95.6 cm³/mol. The summed E-state index contributed by atoms with van der Waals surface area (Å²) in [6.45, 7) is -0.520. The molecule has 10 heteroatoms. The fraction of sp³-hybridized carbons (Fsp3) is 0.357. The molecule has 0 aromatic heterocycles. The van der Waals surface area contributed by atoms with E-state index in [0.29, 0.717) is 22.9 Å². The van der Waals surface area contributed by atoms with Crippen LogP contribution >= 0.6 is 35.0 Å². The van der Waals surface area contributed by atoms with Crippen LogP contribution in [0.2, 0.25) is 10.0 Å². The van der Waals surface area contributed by atoms with Crippen molar-refractivity contribution in [1.82, 2.24) is 5.32 Å². The summed E-state index contributed by atoms with van der Waals surface area (Å²) in [6, 6.07) is 2.82. The second-order valence-corrected chi connectivity index (χ2v) is 6.45. The zero-order valence-corrected chi connectivity index (χ0v) is 15.1. The Bertz CT molecular complexity index is 616. The summed E-state index contributed by atoms with van der Waals surface area (Å²) in [6.07, 6.45) is 2.20. The average molecular weight is 394 g/mol. The van der Waals surface area contributed by atoms with Gasteiger partial charge < -0.3 is 21.1 Å². The molecule has 1 rings (SSSR count). The number of amides is 3. The first-order valence-electron chi connectivity index (χ1n) is 6.80. The summed E-state index contributed by atoms with van der Waals surface area (Å²) in [5.41, 5.74) is 5.36. The fourth-order valence-corrected chi connectivity index (χ4v) is 2.60. The maximum Gasteiger partial charge on any atom is 0.329 e. The van der Waals surface area contributed by atoms with E-state index in [2.05, 4.69) is 10.6 Å². The SMILES string of the molecule is CSCC[C@H](NC(N)=O)C(=O)OCC(=O)Nc1ccc(Cl)cc1Cl. The van der Waals surface area contributed by atoms with Crippen molar-refractivity contribution in [2.24, 2.45) is 5.73 Å². The molecule has 1 aromatic rings. The van der Waals surface area contributed by atoms with Crippen LogP contribution in [-0.2, 0) is 14.3 Å². The van der Waals surface area contributed by atoms with Crippen LogP contribution in [0.25, 0.3) is 0 Å². The summed E-state index contributed by atoms with van der Waals surface area (Å²) >= 11 is 13.2. The van der Waals surface area contributed by atoms with E-state index in [1.807, 2.05) is 6.26 Å². The van der Waals surface area contributed by atoms with Gasteiger partial charge >= 0.3 is 12.0 Å². The van der Waals surface area contributed by atoms with Gasteiger partial charge in [0.15, 0.2) is 6.61 Å². The maximum atomic E-state index is 11.9. The minimum Gasteiger partial charge on any atom is -0.454 e. The first-order valence-corrected chi connectivity index (χ1v) is 8.95. The van der Waals surface area contributed by atoms with Crippen molar-refractivity contribution in [3.8, 4) is 0 Å². The molecule has 0 heterocycles. The molecule has 0 saturated carbocycles. The lowest BCUT2D eigenvalue weighted by Crippen LogP contribution is -2.45. The number of thioether (sulfide) groups is 1. The number of esters is 1. The van der Waals surface area contributed by atoms with Gasteiger partial charge in [-0.15, -0.1) is 0 Å². The van der Waals surface area contributed by atoms with Crippen molar-refractivity contribution in [3.63, 3.8) is 0 Å². The zero-order valence-electron chi connectivity index (χ0n) is 12.8. The summed E-state index contributed by atoms with van der Waals surface area (Å²) in [4.78, 5) is 34.7. The zero-order chi connectivity index (χ0) is 18.1. The summed E-state index contributed by atoms with van der Waals surface area (Å²) in [5.74, 6) is -0.692. The Labute approximate surface area is 153 Å². The number of anilines is 1. The molecule has 0 radical (unpaired) electrons. The second kappa shape index (κ2) is 10.3. The number of hydrogen-bond donors (Lipinski definition) is 3. The Kier molecular flexibility index (Phi) is 8.73. The lowest BCUT2D eigenvalue weighted by molar-refractivity contribution is -0.149. The van der Waals surface area contributed by atoms with Crippen LogP contribution in [0, 0.1) is 0 Å². The average Bonchev–Trinajstić information content (AvgIpc) is 2.51. The largest absolute Gasteiger partial charge is 0.454 e. The van der Waals surface area contributed by atoms with E-state index < -0.39 is 30.6 Å². The molecular weight excluding hydrogens is 377 g/mol. The molecule has 0 fully saturated rings. The molecule has 1 aromatic carbocycles. The molecule has 0 saturated heterocycles. The number of carbonyl (C=O) groups is 3. The van der Waals surface area contributed by atoms with Gasteiger partial charge in [-0.05, 0) is 36.6 Å². The molecule has 0 aliphatic carbocycles. The van der Waals surface area contributed by atoms with Crippen LogP contribution in [0.1, 0.15) is 6.42 Å². The number of nitrogens with one attached hydrogen (secondary N) is 2. The first kappa shape index (κ1) is 20.4. The molecule has 24 heavy (non-hydrogen) atoms. The third-order valence-corrected chi connectivity index (χ3v) is 3.95. The van der Waals surface area contributed by atoms with Crippen LogP contribution in [0.3, 0.4) is 0 Å². The number of urea groups is 1. The molecule has 132 valence electrons. The lowest BCUT2D eigenvalue weighted by atomic mass is 10.2. The Hall–Kier alpha value is -1.64. The highest BCUT2D eigenvalue weighted by Crippen LogP contribution is 2.25. The number of hydrogen-bond acceptors (Lipinski definition) is 5. The van der Waals surface area contributed by atoms with E-state index in [-0.39, 0.29) is 5.02 Å². The van der Waals surface area contributed by atoms with Crippen LogP contribution in [0.5, 0.6) is 0 Å². The van der Waals surface area contributed by atoms with Crippen molar-refractivity contribution in [2.75, 3.05) is 23.9 Å². The lowest BCUT2D eigenvalue weighted by Gasteiger charge is -2.16. The van der Waals surface area contributed by atoms with Crippen molar-refractivity contribution in [1.29, 1.82) is 0 Å². The number of carbonyl (C=O) groups excluding carboxylic acids is 3. The fourth-order valence-electron chi connectivity index (χ4n) is 1.67. The standard InChI is InChI=1S/C14H17Cl2N3O4S/c1-24-5-4-11(19-14(17)22)13(21)23-7-12(20)18-10-3-2-8(15)6-9(10)16/h2-3,6,11H,4-5,7H2,1H3,(H,18,20)(H3,17,19,22)/t11-/m0/s1. The summed E-state index contributed by atoms with van der Waals surface area (Å²) in [7, 11) is 0. The highest BCUT2D eigenvalue weighted by atomic mass is 35.5. The third-order valence-electron chi connectivity index (χ3n) is 2.76. The van der Waals surface area contributed by atoms with E-state index in [4.69, 9.17) is 33.7 Å². The van der Waals surface area contributed by atoms with E-state index in [9.17, 15) is 14.4 Å². The smallest absolute Gasteiger partial charge is 0.329 e.